The Morgan fingerprint density at radius 1 is 0.739 bits per heavy atom. The first kappa shape index (κ1) is 14.9. The minimum atomic E-state index is 0.838. The minimum absolute atomic E-state index is 0.838. The van der Waals surface area contributed by atoms with E-state index in [2.05, 4.69) is 5.10 Å². The fraction of sp³-hybridized carbons (Fsp3) is 0.0500. The minimum Gasteiger partial charge on any atom is -0.497 e. The lowest BCUT2D eigenvalue weighted by Crippen LogP contribution is -2.09. The van der Waals surface area contributed by atoms with E-state index in [0.717, 1.165) is 22.7 Å². The quantitative estimate of drug-likeness (QED) is 0.496. The molecule has 0 fully saturated rings. The largest absolute Gasteiger partial charge is 0.497 e. The highest BCUT2D eigenvalue weighted by molar-refractivity contribution is 5.81. The number of hydrogen-bond acceptors (Lipinski definition) is 3. The lowest BCUT2D eigenvalue weighted by molar-refractivity contribution is 0.415. The fourth-order valence-corrected chi connectivity index (χ4v) is 2.24. The molecular weight excluding hydrogens is 284 g/mol. The molecule has 3 heteroatoms. The molecule has 0 aromatic heterocycles. The maximum absolute atomic E-state index is 5.18. The third-order valence-corrected chi connectivity index (χ3v) is 3.44. The van der Waals surface area contributed by atoms with Gasteiger partial charge in [0.1, 0.15) is 5.75 Å². The van der Waals surface area contributed by atoms with Gasteiger partial charge in [-0.3, -0.25) is 0 Å². The van der Waals surface area contributed by atoms with Gasteiger partial charge in [0.05, 0.1) is 24.7 Å². The van der Waals surface area contributed by atoms with Crippen LogP contribution in [0.1, 0.15) is 5.56 Å². The zero-order valence-electron chi connectivity index (χ0n) is 13.0. The predicted octanol–water partition coefficient (Wildman–Crippen LogP) is 4.87. The number of rotatable bonds is 5. The van der Waals surface area contributed by atoms with Gasteiger partial charge in [-0.05, 0) is 54.1 Å². The van der Waals surface area contributed by atoms with E-state index in [1.807, 2.05) is 96.2 Å². The summed E-state index contributed by atoms with van der Waals surface area (Å²) >= 11 is 0. The zero-order valence-corrected chi connectivity index (χ0v) is 13.0. The van der Waals surface area contributed by atoms with Crippen LogP contribution in [0.25, 0.3) is 0 Å². The molecule has 0 radical (unpaired) electrons. The lowest BCUT2D eigenvalue weighted by Gasteiger charge is -2.19. The Labute approximate surface area is 136 Å². The van der Waals surface area contributed by atoms with Crippen LogP contribution in [0.5, 0.6) is 5.75 Å². The van der Waals surface area contributed by atoms with Crippen molar-refractivity contribution >= 4 is 17.6 Å². The summed E-state index contributed by atoms with van der Waals surface area (Å²) in [4.78, 5) is 0. The van der Waals surface area contributed by atoms with Gasteiger partial charge in [0.25, 0.3) is 0 Å². The number of para-hydroxylation sites is 2. The standard InChI is InChI=1S/C20H18N2O/c1-23-20-14-12-17(13-15-20)16-21-22(18-8-4-2-5-9-18)19-10-6-3-7-11-19/h2-16H,1H3/b21-16+. The summed E-state index contributed by atoms with van der Waals surface area (Å²) in [6.07, 6.45) is 1.85. The van der Waals surface area contributed by atoms with Crippen molar-refractivity contribution in [1.82, 2.24) is 0 Å². The normalized spacial score (nSPS) is 10.7. The second kappa shape index (κ2) is 7.27. The number of anilines is 2. The first-order valence-corrected chi connectivity index (χ1v) is 7.45. The van der Waals surface area contributed by atoms with Crippen LogP contribution in [0.3, 0.4) is 0 Å². The van der Waals surface area contributed by atoms with Gasteiger partial charge < -0.3 is 4.74 Å². The monoisotopic (exact) mass is 302 g/mol. The van der Waals surface area contributed by atoms with E-state index in [1.54, 1.807) is 7.11 Å². The molecule has 0 amide bonds. The molecule has 0 aliphatic carbocycles. The molecule has 3 aromatic rings. The molecule has 0 unspecified atom stereocenters. The average Bonchev–Trinajstić information content (AvgIpc) is 2.64. The summed E-state index contributed by atoms with van der Waals surface area (Å²) in [6.45, 7) is 0. The molecule has 0 atom stereocenters. The van der Waals surface area contributed by atoms with Crippen molar-refractivity contribution < 1.29 is 4.74 Å². The van der Waals surface area contributed by atoms with Crippen molar-refractivity contribution in [2.45, 2.75) is 0 Å². The summed E-state index contributed by atoms with van der Waals surface area (Å²) in [5.41, 5.74) is 3.05. The van der Waals surface area contributed by atoms with E-state index < -0.39 is 0 Å². The molecule has 0 aliphatic heterocycles. The summed E-state index contributed by atoms with van der Waals surface area (Å²) in [5, 5.41) is 6.58. The van der Waals surface area contributed by atoms with Gasteiger partial charge in [-0.1, -0.05) is 36.4 Å². The fourth-order valence-electron chi connectivity index (χ4n) is 2.24. The molecule has 0 spiro atoms. The van der Waals surface area contributed by atoms with Gasteiger partial charge in [0, 0.05) is 0 Å². The van der Waals surface area contributed by atoms with Gasteiger partial charge in [-0.25, -0.2) is 5.01 Å². The summed E-state index contributed by atoms with van der Waals surface area (Å²) in [7, 11) is 1.66. The molecule has 23 heavy (non-hydrogen) atoms. The second-order valence-corrected chi connectivity index (χ2v) is 5.00. The number of ether oxygens (including phenoxy) is 1. The number of hydrazone groups is 1. The highest BCUT2D eigenvalue weighted by atomic mass is 16.5. The molecule has 0 heterocycles. The maximum Gasteiger partial charge on any atom is 0.118 e. The van der Waals surface area contributed by atoms with Gasteiger partial charge in [-0.15, -0.1) is 0 Å². The molecule has 3 aromatic carbocycles. The van der Waals surface area contributed by atoms with E-state index in [4.69, 9.17) is 4.74 Å². The second-order valence-electron chi connectivity index (χ2n) is 5.00. The predicted molar refractivity (Wildman–Crippen MR) is 95.6 cm³/mol. The van der Waals surface area contributed by atoms with Crippen LogP contribution in [-0.4, -0.2) is 13.3 Å². The van der Waals surface area contributed by atoms with Crippen LogP contribution in [0.4, 0.5) is 11.4 Å². The molecule has 3 nitrogen and oxygen atoms in total. The van der Waals surface area contributed by atoms with E-state index >= 15 is 0 Å². The molecule has 0 saturated carbocycles. The topological polar surface area (TPSA) is 24.8 Å². The SMILES string of the molecule is COc1ccc(/C=N/N(c2ccccc2)c2ccccc2)cc1. The van der Waals surface area contributed by atoms with E-state index in [9.17, 15) is 0 Å². The summed E-state index contributed by atoms with van der Waals surface area (Å²) < 4.78 is 5.18. The molecule has 0 aliphatic rings. The molecule has 3 rings (SSSR count). The van der Waals surface area contributed by atoms with Crippen LogP contribution < -0.4 is 9.75 Å². The lowest BCUT2D eigenvalue weighted by atomic mass is 10.2. The van der Waals surface area contributed by atoms with Crippen LogP contribution in [-0.2, 0) is 0 Å². The molecule has 0 N–H and O–H groups in total. The first-order chi connectivity index (χ1) is 11.4. The Morgan fingerprint density at radius 2 is 1.26 bits per heavy atom. The number of benzene rings is 3. The van der Waals surface area contributed by atoms with Crippen molar-refractivity contribution in [2.24, 2.45) is 5.10 Å². The smallest absolute Gasteiger partial charge is 0.118 e. The van der Waals surface area contributed by atoms with Crippen molar-refractivity contribution in [3.05, 3.63) is 90.5 Å². The van der Waals surface area contributed by atoms with Crippen LogP contribution in [0.15, 0.2) is 90.0 Å². The highest BCUT2D eigenvalue weighted by Crippen LogP contribution is 2.25. The highest BCUT2D eigenvalue weighted by Gasteiger charge is 2.06. The van der Waals surface area contributed by atoms with Gasteiger partial charge >= 0.3 is 0 Å². The Morgan fingerprint density at radius 3 is 1.74 bits per heavy atom. The number of nitrogens with zero attached hydrogens (tertiary/aromatic N) is 2. The Hall–Kier alpha value is -3.07. The van der Waals surface area contributed by atoms with E-state index in [1.165, 1.54) is 0 Å². The Bertz CT molecular complexity index is 713. The van der Waals surface area contributed by atoms with Crippen LogP contribution >= 0.6 is 0 Å². The van der Waals surface area contributed by atoms with Crippen LogP contribution in [0.2, 0.25) is 0 Å². The third-order valence-electron chi connectivity index (χ3n) is 3.44. The summed E-state index contributed by atoms with van der Waals surface area (Å²) in [5.74, 6) is 0.838. The van der Waals surface area contributed by atoms with Crippen molar-refractivity contribution in [3.63, 3.8) is 0 Å². The first-order valence-electron chi connectivity index (χ1n) is 7.45. The molecular formula is C20H18N2O. The third kappa shape index (κ3) is 3.77. The summed E-state index contributed by atoms with van der Waals surface area (Å²) in [6, 6.07) is 28.0. The number of methoxy groups -OCH3 is 1. The average molecular weight is 302 g/mol. The van der Waals surface area contributed by atoms with E-state index in [0.29, 0.717) is 0 Å². The maximum atomic E-state index is 5.18. The molecule has 0 bridgehead atoms. The Balaban J connectivity index is 1.91. The Kier molecular flexibility index (Phi) is 4.69. The van der Waals surface area contributed by atoms with Crippen molar-refractivity contribution in [3.8, 4) is 5.75 Å². The van der Waals surface area contributed by atoms with Gasteiger partial charge in [-0.2, -0.15) is 5.10 Å². The van der Waals surface area contributed by atoms with Crippen LogP contribution in [0, 0.1) is 0 Å². The zero-order chi connectivity index (χ0) is 15.9. The number of hydrogen-bond donors (Lipinski definition) is 0. The molecule has 114 valence electrons. The van der Waals surface area contributed by atoms with Gasteiger partial charge in [0.15, 0.2) is 0 Å². The van der Waals surface area contributed by atoms with Gasteiger partial charge in [0.2, 0.25) is 0 Å². The van der Waals surface area contributed by atoms with Crippen molar-refractivity contribution in [1.29, 1.82) is 0 Å². The van der Waals surface area contributed by atoms with E-state index in [-0.39, 0.29) is 0 Å². The molecule has 0 saturated heterocycles. The van der Waals surface area contributed by atoms with Crippen molar-refractivity contribution in [2.75, 3.05) is 12.1 Å².